The molecule has 1 aliphatic carbocycles. The second-order valence-electron chi connectivity index (χ2n) is 5.55. The summed E-state index contributed by atoms with van der Waals surface area (Å²) in [5.41, 5.74) is 5.80. The van der Waals surface area contributed by atoms with E-state index in [9.17, 15) is 0 Å². The van der Waals surface area contributed by atoms with Crippen molar-refractivity contribution in [2.24, 2.45) is 5.73 Å². The van der Waals surface area contributed by atoms with Crippen LogP contribution < -0.4 is 5.73 Å². The normalized spacial score (nSPS) is 29.8. The van der Waals surface area contributed by atoms with Crippen molar-refractivity contribution >= 4 is 0 Å². The zero-order valence-corrected chi connectivity index (χ0v) is 11.0. The predicted octanol–water partition coefficient (Wildman–Crippen LogP) is 2.97. The van der Waals surface area contributed by atoms with Crippen LogP contribution in [-0.4, -0.2) is 25.0 Å². The molecule has 1 saturated heterocycles. The van der Waals surface area contributed by atoms with E-state index in [0.717, 1.165) is 26.0 Å². The molecular formula is C14H27NO2. The zero-order valence-electron chi connectivity index (χ0n) is 11.0. The second kappa shape index (κ2) is 6.72. The molecular weight excluding hydrogens is 214 g/mol. The van der Waals surface area contributed by atoms with Crippen LogP contribution in [0.15, 0.2) is 0 Å². The molecule has 1 atom stereocenters. The molecule has 2 N–H and O–H groups in total. The van der Waals surface area contributed by atoms with Crippen LogP contribution >= 0.6 is 0 Å². The van der Waals surface area contributed by atoms with Gasteiger partial charge in [-0.05, 0) is 45.1 Å². The highest BCUT2D eigenvalue weighted by atomic mass is 16.7. The van der Waals surface area contributed by atoms with Crippen LogP contribution in [0.5, 0.6) is 0 Å². The fourth-order valence-corrected chi connectivity index (χ4v) is 3.15. The first-order valence-corrected chi connectivity index (χ1v) is 7.34. The zero-order chi connectivity index (χ0) is 12.0. The molecule has 17 heavy (non-hydrogen) atoms. The van der Waals surface area contributed by atoms with Crippen LogP contribution in [0.1, 0.15) is 64.2 Å². The minimum Gasteiger partial charge on any atom is -0.353 e. The summed E-state index contributed by atoms with van der Waals surface area (Å²) in [6.45, 7) is 1.59. The molecule has 1 aliphatic heterocycles. The maximum Gasteiger partial charge on any atom is 0.158 e. The summed E-state index contributed by atoms with van der Waals surface area (Å²) in [6, 6.07) is 0. The van der Waals surface area contributed by atoms with E-state index in [1.807, 2.05) is 0 Å². The van der Waals surface area contributed by atoms with Gasteiger partial charge in [-0.3, -0.25) is 0 Å². The Balaban J connectivity index is 1.93. The molecule has 3 nitrogen and oxygen atoms in total. The molecule has 3 heteroatoms. The molecule has 2 aliphatic rings. The topological polar surface area (TPSA) is 44.5 Å². The number of hydrogen-bond acceptors (Lipinski definition) is 3. The van der Waals surface area contributed by atoms with Crippen molar-refractivity contribution in [3.63, 3.8) is 0 Å². The molecule has 0 aromatic heterocycles. The minimum atomic E-state index is 0.0211. The van der Waals surface area contributed by atoms with E-state index in [-0.39, 0.29) is 11.9 Å². The SMILES string of the molecule is NCCC1(OC2CCCCO2)CCCCCC1. The lowest BCUT2D eigenvalue weighted by molar-refractivity contribution is -0.230. The van der Waals surface area contributed by atoms with Gasteiger partial charge in [-0.2, -0.15) is 0 Å². The average Bonchev–Trinajstić information content (AvgIpc) is 2.57. The summed E-state index contributed by atoms with van der Waals surface area (Å²) in [7, 11) is 0. The van der Waals surface area contributed by atoms with Gasteiger partial charge in [-0.15, -0.1) is 0 Å². The van der Waals surface area contributed by atoms with Crippen LogP contribution in [0.2, 0.25) is 0 Å². The van der Waals surface area contributed by atoms with Gasteiger partial charge in [0.15, 0.2) is 6.29 Å². The quantitative estimate of drug-likeness (QED) is 0.770. The summed E-state index contributed by atoms with van der Waals surface area (Å²) in [5.74, 6) is 0. The lowest BCUT2D eigenvalue weighted by Gasteiger charge is -2.37. The Kier molecular flexibility index (Phi) is 5.26. The highest BCUT2D eigenvalue weighted by molar-refractivity contribution is 4.84. The summed E-state index contributed by atoms with van der Waals surface area (Å²) in [6.07, 6.45) is 12.1. The van der Waals surface area contributed by atoms with Gasteiger partial charge in [0.25, 0.3) is 0 Å². The molecule has 2 rings (SSSR count). The van der Waals surface area contributed by atoms with Gasteiger partial charge in [0.1, 0.15) is 0 Å². The number of hydrogen-bond donors (Lipinski definition) is 1. The lowest BCUT2D eigenvalue weighted by Crippen LogP contribution is -2.40. The first-order chi connectivity index (χ1) is 8.35. The van der Waals surface area contributed by atoms with Gasteiger partial charge in [0.2, 0.25) is 0 Å². The van der Waals surface area contributed by atoms with Gasteiger partial charge >= 0.3 is 0 Å². The number of nitrogens with two attached hydrogens (primary N) is 1. The average molecular weight is 241 g/mol. The Hall–Kier alpha value is -0.120. The Labute approximate surface area is 105 Å². The van der Waals surface area contributed by atoms with E-state index in [0.29, 0.717) is 0 Å². The summed E-state index contributed by atoms with van der Waals surface area (Å²) < 4.78 is 12.1. The Morgan fingerprint density at radius 2 is 1.82 bits per heavy atom. The van der Waals surface area contributed by atoms with Crippen molar-refractivity contribution in [1.29, 1.82) is 0 Å². The van der Waals surface area contributed by atoms with Crippen molar-refractivity contribution in [1.82, 2.24) is 0 Å². The highest BCUT2D eigenvalue weighted by Crippen LogP contribution is 2.35. The van der Waals surface area contributed by atoms with E-state index in [2.05, 4.69) is 0 Å². The van der Waals surface area contributed by atoms with Crippen LogP contribution in [-0.2, 0) is 9.47 Å². The molecule has 0 bridgehead atoms. The smallest absolute Gasteiger partial charge is 0.158 e. The standard InChI is InChI=1S/C14H27NO2/c15-11-10-14(8-4-1-2-5-9-14)17-13-7-3-6-12-16-13/h13H,1-12,15H2. The molecule has 0 radical (unpaired) electrons. The third-order valence-electron chi connectivity index (χ3n) is 4.13. The van der Waals surface area contributed by atoms with Crippen molar-refractivity contribution in [2.45, 2.75) is 76.1 Å². The maximum absolute atomic E-state index is 6.34. The summed E-state index contributed by atoms with van der Waals surface area (Å²) in [4.78, 5) is 0. The van der Waals surface area contributed by atoms with Gasteiger partial charge in [0, 0.05) is 6.61 Å². The molecule has 0 spiro atoms. The van der Waals surface area contributed by atoms with Gasteiger partial charge in [0.05, 0.1) is 5.60 Å². The molecule has 1 unspecified atom stereocenters. The van der Waals surface area contributed by atoms with Crippen LogP contribution in [0.4, 0.5) is 0 Å². The van der Waals surface area contributed by atoms with E-state index in [1.54, 1.807) is 0 Å². The van der Waals surface area contributed by atoms with Crippen LogP contribution in [0.3, 0.4) is 0 Å². The fourth-order valence-electron chi connectivity index (χ4n) is 3.15. The third kappa shape index (κ3) is 3.94. The third-order valence-corrected chi connectivity index (χ3v) is 4.13. The largest absolute Gasteiger partial charge is 0.353 e. The fraction of sp³-hybridized carbons (Fsp3) is 1.00. The summed E-state index contributed by atoms with van der Waals surface area (Å²) >= 11 is 0. The molecule has 100 valence electrons. The van der Waals surface area contributed by atoms with E-state index >= 15 is 0 Å². The summed E-state index contributed by atoms with van der Waals surface area (Å²) in [5, 5.41) is 0. The van der Waals surface area contributed by atoms with Crippen molar-refractivity contribution < 1.29 is 9.47 Å². The Morgan fingerprint density at radius 3 is 2.41 bits per heavy atom. The van der Waals surface area contributed by atoms with E-state index in [1.165, 1.54) is 51.4 Å². The Bertz CT molecular complexity index is 206. The van der Waals surface area contributed by atoms with Crippen molar-refractivity contribution in [3.8, 4) is 0 Å². The van der Waals surface area contributed by atoms with Gasteiger partial charge in [-0.1, -0.05) is 25.7 Å². The molecule has 0 amide bonds. The van der Waals surface area contributed by atoms with Crippen LogP contribution in [0, 0.1) is 0 Å². The van der Waals surface area contributed by atoms with Crippen molar-refractivity contribution in [3.05, 3.63) is 0 Å². The molecule has 0 aromatic carbocycles. The van der Waals surface area contributed by atoms with E-state index in [4.69, 9.17) is 15.2 Å². The van der Waals surface area contributed by atoms with Gasteiger partial charge < -0.3 is 15.2 Å². The molecule has 0 aromatic rings. The van der Waals surface area contributed by atoms with E-state index < -0.39 is 0 Å². The highest BCUT2D eigenvalue weighted by Gasteiger charge is 2.34. The number of rotatable bonds is 4. The lowest BCUT2D eigenvalue weighted by atomic mass is 9.90. The first-order valence-electron chi connectivity index (χ1n) is 7.34. The van der Waals surface area contributed by atoms with Crippen molar-refractivity contribution in [2.75, 3.05) is 13.2 Å². The first kappa shape index (κ1) is 13.3. The maximum atomic E-state index is 6.34. The minimum absolute atomic E-state index is 0.0211. The van der Waals surface area contributed by atoms with Gasteiger partial charge in [-0.25, -0.2) is 0 Å². The number of ether oxygens (including phenoxy) is 2. The molecule has 1 heterocycles. The second-order valence-corrected chi connectivity index (χ2v) is 5.55. The molecule has 2 fully saturated rings. The predicted molar refractivity (Wildman–Crippen MR) is 68.8 cm³/mol. The monoisotopic (exact) mass is 241 g/mol. The molecule has 1 saturated carbocycles. The van der Waals surface area contributed by atoms with Crippen LogP contribution in [0.25, 0.3) is 0 Å². The Morgan fingerprint density at radius 1 is 1.06 bits per heavy atom.